The van der Waals surface area contributed by atoms with Crippen molar-refractivity contribution in [2.45, 2.75) is 81.1 Å². The number of nitrogens with one attached hydrogen (secondary N) is 2. The Morgan fingerprint density at radius 1 is 0.750 bits per heavy atom. The number of nitrogens with two attached hydrogens (primary N) is 1. The van der Waals surface area contributed by atoms with Gasteiger partial charge >= 0.3 is 59.0 Å². The van der Waals surface area contributed by atoms with Gasteiger partial charge in [-0.2, -0.15) is 31.5 Å². The molecule has 341 valence electrons. The Hall–Kier alpha value is 6.76. The van der Waals surface area contributed by atoms with E-state index in [4.69, 9.17) is 68.2 Å². The van der Waals surface area contributed by atoms with Crippen LogP contribution in [-0.4, -0.2) is 175 Å². The van der Waals surface area contributed by atoms with Crippen LogP contribution in [0.2, 0.25) is 12.6 Å². The minimum absolute atomic E-state index is 0. The molecule has 7 atom stereocenters. The van der Waals surface area contributed by atoms with E-state index in [9.17, 15) is 23.7 Å². The molecule has 0 aliphatic carbocycles. The Morgan fingerprint density at radius 2 is 1.16 bits per heavy atom. The Bertz CT molecular complexity index is 1200. The second-order valence-corrected chi connectivity index (χ2v) is 14.2. The van der Waals surface area contributed by atoms with Crippen LogP contribution in [0.4, 0.5) is 0 Å². The molecule has 3 heterocycles. The number of rotatable bonds is 20. The molecule has 64 heavy (non-hydrogen) atoms. The van der Waals surface area contributed by atoms with Crippen molar-refractivity contribution in [1.29, 1.82) is 0 Å². The number of unbranched alkanes of at least 4 members (excludes halogenated alkanes) is 1. The van der Waals surface area contributed by atoms with Crippen LogP contribution in [0, 0.1) is 95.3 Å². The first-order chi connectivity index (χ1) is 27.1. The van der Waals surface area contributed by atoms with E-state index in [2.05, 4.69) is 38.2 Å². The molecule has 0 bridgehead atoms. The average Bonchev–Trinajstić information content (AvgIpc) is 3.92. The molecule has 3 aliphatic heterocycles. The van der Waals surface area contributed by atoms with Crippen LogP contribution >= 0.6 is 21.3 Å². The molecule has 3 aliphatic rings. The maximum atomic E-state index is 12.3. The molecule has 0 aromatic carbocycles. The Kier molecular flexibility index (Phi) is 83.2. The molecule has 3 saturated heterocycles. The number of carbonyl (C=O) groups is 4. The molecule has 15 nitrogen and oxygen atoms in total. The van der Waals surface area contributed by atoms with Gasteiger partial charge in [0, 0.05) is 237 Å². The summed E-state index contributed by atoms with van der Waals surface area (Å²) in [5.41, 5.74) is 5.45. The second kappa shape index (κ2) is 59.0. The van der Waals surface area contributed by atoms with Gasteiger partial charge in [-0.05, 0) is 49.6 Å². The summed E-state index contributed by atoms with van der Waals surface area (Å²) in [7, 11) is 23.8. The predicted octanol–water partition coefficient (Wildman–Crippen LogP) is -0.0815. The summed E-state index contributed by atoms with van der Waals surface area (Å²) in [5, 5.41) is 5.29. The monoisotopic (exact) mass is 2030 g/mol. The summed E-state index contributed by atoms with van der Waals surface area (Å²) < 4.78 is 38.3. The largest absolute Gasteiger partial charge is 0 e. The summed E-state index contributed by atoms with van der Waals surface area (Å²) in [6.07, 6.45) is 8.33. The van der Waals surface area contributed by atoms with Crippen molar-refractivity contribution >= 4 is 84.2 Å². The maximum absolute atomic E-state index is 12.3. The fourth-order valence-corrected chi connectivity index (χ4v) is 5.64. The summed E-state index contributed by atoms with van der Waals surface area (Å²) in [4.78, 5) is 50.8. The van der Waals surface area contributed by atoms with Crippen LogP contribution in [0.5, 0.6) is 0 Å². The number of hydrogen-bond donors (Lipinski definition) is 3. The van der Waals surface area contributed by atoms with Crippen LogP contribution in [-0.2, 0) is 220 Å². The fourth-order valence-electron chi connectivity index (χ4n) is 4.69. The maximum Gasteiger partial charge on any atom is 0 e. The molecule has 15 radical (unpaired) electrons. The summed E-state index contributed by atoms with van der Waals surface area (Å²) in [6, 6.07) is -0.560. The number of amides is 4. The average molecular weight is 2030 g/mol. The molecule has 0 aromatic heterocycles. The molecule has 32 heteroatoms. The van der Waals surface area contributed by atoms with E-state index in [1.807, 2.05) is 19.3 Å². The summed E-state index contributed by atoms with van der Waals surface area (Å²) in [5.74, 6) is -1.72. The van der Waals surface area contributed by atoms with Crippen LogP contribution < -0.4 is 16.4 Å². The minimum atomic E-state index is -3.25. The van der Waals surface area contributed by atoms with Crippen molar-refractivity contribution in [3.05, 3.63) is 33.1 Å². The van der Waals surface area contributed by atoms with Gasteiger partial charge in [-0.25, -0.2) is 0 Å². The van der Waals surface area contributed by atoms with Gasteiger partial charge in [0.2, 0.25) is 23.6 Å². The zero-order valence-corrected chi connectivity index (χ0v) is 64.7. The van der Waals surface area contributed by atoms with E-state index in [-0.39, 0.29) is 299 Å². The van der Waals surface area contributed by atoms with Crippen LogP contribution in [0.3, 0.4) is 0 Å². The molecule has 0 spiro atoms. The molecule has 7 unspecified atom stereocenters. The van der Waals surface area contributed by atoms with E-state index in [1.165, 1.54) is 54.1 Å². The van der Waals surface area contributed by atoms with Crippen LogP contribution in [0.1, 0.15) is 32.1 Å². The molecule has 3 rings (SSSR count). The van der Waals surface area contributed by atoms with Crippen LogP contribution in [0.15, 0.2) is 0 Å². The van der Waals surface area contributed by atoms with Crippen molar-refractivity contribution < 1.29 is 282 Å². The standard InChI is InChI=1S/C22H38B3N5O8P.2C5H7BO.2HP.2U.2V.2W.3Y/c1-39(35,37-16-17-4-5-18(25)38-17)36-11-3-2-7-27-19(31)15-30(22(34)13-24)10-8-28-20(32)14-29(9-6-26)21(33)12-23;2*1-4-2-3-5(6)7-4;;;;;;;;;;;/h4,17-18H,2-3,5-16,26H2,1H3,(H,27,31)(H,28,32);2*2,4-5H,1,3H2;2*1H;;;;;;;;;/q-1;2*-2;;;;;;;;;;;. The number of ether oxygens (including phenoxy) is 3. The third-order valence-electron chi connectivity index (χ3n) is 7.46. The van der Waals surface area contributed by atoms with Crippen LogP contribution in [0.25, 0.3) is 0 Å². The van der Waals surface area contributed by atoms with Crippen molar-refractivity contribution in [3.63, 3.8) is 0 Å². The second-order valence-electron chi connectivity index (χ2n) is 12.2. The molecular formula is C32H54B5N5O10P3U2V2W2Y3-5. The third kappa shape index (κ3) is 50.9. The Balaban J connectivity index is -0.000000144. The Morgan fingerprint density at radius 3 is 1.50 bits per heavy atom. The minimum Gasteiger partial charge on any atom is 0 e. The first kappa shape index (κ1) is 90.3. The number of nitrogens with zero attached hydrogens (tertiary/aromatic N) is 2. The van der Waals surface area contributed by atoms with Gasteiger partial charge in [-0.15, -0.1) is 0 Å². The third-order valence-corrected chi connectivity index (χ3v) is 8.73. The fraction of sp³-hybridized carbons (Fsp3) is 0.719. The van der Waals surface area contributed by atoms with Gasteiger partial charge in [0.05, 0.1) is 42.0 Å². The van der Waals surface area contributed by atoms with Gasteiger partial charge < -0.3 is 76.1 Å². The van der Waals surface area contributed by atoms with E-state index in [0.717, 1.165) is 12.8 Å². The smallest absolute Gasteiger partial charge is 0 e. The van der Waals surface area contributed by atoms with Gasteiger partial charge in [0.25, 0.3) is 0 Å². The molecule has 3 fully saturated rings. The SMILES string of the molecule is [B]C1C[CH-]C([CH2-])O1.[B]C1C[CH-]C([CH2-])O1.[B]CC(=O)N(CCN)CC(=O)NCCN(CC(=O)NCCCCOP(C)(=O)OCC1[CH-]CC([B])O1)C(=O)C[B].[PH]=[W].[PH]=[W].[U].[U].[V].[V].[Y].[Y].[Y]. The van der Waals surface area contributed by atoms with Crippen molar-refractivity contribution in [2.75, 3.05) is 65.7 Å². The van der Waals surface area contributed by atoms with E-state index in [1.54, 1.807) is 0 Å². The predicted molar refractivity (Wildman–Crippen MR) is 221 cm³/mol. The quantitative estimate of drug-likeness (QED) is 0.0641. The Labute approximate surface area is 562 Å². The molecule has 0 aromatic rings. The van der Waals surface area contributed by atoms with Gasteiger partial charge in [-0.1, -0.05) is 0 Å². The molecular weight excluding hydrogens is 1970 g/mol. The van der Waals surface area contributed by atoms with E-state index in [0.29, 0.717) is 25.8 Å². The summed E-state index contributed by atoms with van der Waals surface area (Å²) in [6.45, 7) is 15.3. The number of carbonyl (C=O) groups excluding carboxylic acids is 4. The van der Waals surface area contributed by atoms with Gasteiger partial charge in [-0.3, -0.25) is 30.2 Å². The van der Waals surface area contributed by atoms with Crippen molar-refractivity contribution in [1.82, 2.24) is 20.4 Å². The van der Waals surface area contributed by atoms with Gasteiger partial charge in [0.1, 0.15) is 23.5 Å². The van der Waals surface area contributed by atoms with E-state index < -0.39 is 31.2 Å². The topological polar surface area (TPSA) is 188 Å². The van der Waals surface area contributed by atoms with Gasteiger partial charge in [0.15, 0.2) is 0 Å². The number of hydrogen-bond acceptors (Lipinski definition) is 11. The van der Waals surface area contributed by atoms with Crippen molar-refractivity contribution in [3.8, 4) is 0 Å². The molecule has 0 saturated carbocycles. The summed E-state index contributed by atoms with van der Waals surface area (Å²) >= 11 is 2.78. The van der Waals surface area contributed by atoms with Crippen molar-refractivity contribution in [2.24, 2.45) is 5.73 Å². The first-order valence-corrected chi connectivity index (χ1v) is 29.6. The first-order valence-electron chi connectivity index (χ1n) is 17.9. The normalized spacial score (nSPS) is 20.4. The zero-order chi connectivity index (χ0) is 43.8. The van der Waals surface area contributed by atoms with E-state index >= 15 is 0 Å². The zero-order valence-electron chi connectivity index (χ0n) is 36.3. The molecule has 4 amide bonds. The molecule has 4 N–H and O–H groups in total.